The first-order valence-electron chi connectivity index (χ1n) is 10.4. The SMILES string of the molecule is CN(C)c1ccc(/C=C2\N=C(c3ccccc3)N(NC(=O)Cc3ccc(Cl)cc3)C2=O)cc1. The molecule has 6 nitrogen and oxygen atoms in total. The van der Waals surface area contributed by atoms with Gasteiger partial charge in [0.25, 0.3) is 5.91 Å². The van der Waals surface area contributed by atoms with E-state index in [1.54, 1.807) is 30.3 Å². The number of hydrogen-bond acceptors (Lipinski definition) is 4. The van der Waals surface area contributed by atoms with E-state index >= 15 is 0 Å². The van der Waals surface area contributed by atoms with Crippen LogP contribution in [0.2, 0.25) is 5.02 Å². The van der Waals surface area contributed by atoms with Crippen LogP contribution in [-0.2, 0) is 16.0 Å². The average molecular weight is 459 g/mol. The topological polar surface area (TPSA) is 65.0 Å². The van der Waals surface area contributed by atoms with Crippen molar-refractivity contribution in [2.75, 3.05) is 19.0 Å². The van der Waals surface area contributed by atoms with Crippen LogP contribution in [0.1, 0.15) is 16.7 Å². The van der Waals surface area contributed by atoms with Crippen LogP contribution in [0.3, 0.4) is 0 Å². The molecule has 2 amide bonds. The largest absolute Gasteiger partial charge is 0.378 e. The van der Waals surface area contributed by atoms with E-state index in [0.717, 1.165) is 22.4 Å². The molecule has 0 aromatic heterocycles. The Labute approximate surface area is 197 Å². The highest BCUT2D eigenvalue weighted by Crippen LogP contribution is 2.22. The smallest absolute Gasteiger partial charge is 0.297 e. The minimum absolute atomic E-state index is 0.105. The summed E-state index contributed by atoms with van der Waals surface area (Å²) in [7, 11) is 3.93. The van der Waals surface area contributed by atoms with E-state index in [1.165, 1.54) is 5.01 Å². The lowest BCUT2D eigenvalue weighted by atomic mass is 10.1. The lowest BCUT2D eigenvalue weighted by Gasteiger charge is -2.19. The number of rotatable bonds is 6. The highest BCUT2D eigenvalue weighted by molar-refractivity contribution is 6.30. The van der Waals surface area contributed by atoms with Gasteiger partial charge in [0, 0.05) is 30.4 Å². The number of nitrogens with zero attached hydrogens (tertiary/aromatic N) is 3. The summed E-state index contributed by atoms with van der Waals surface area (Å²) in [5.41, 5.74) is 6.38. The Morgan fingerprint density at radius 1 is 1.00 bits per heavy atom. The molecule has 0 atom stereocenters. The number of amides is 2. The zero-order chi connectivity index (χ0) is 23.4. The Morgan fingerprint density at radius 3 is 2.30 bits per heavy atom. The minimum Gasteiger partial charge on any atom is -0.378 e. The Balaban J connectivity index is 1.60. The fourth-order valence-electron chi connectivity index (χ4n) is 3.38. The van der Waals surface area contributed by atoms with Gasteiger partial charge in [0.05, 0.1) is 6.42 Å². The van der Waals surface area contributed by atoms with E-state index in [9.17, 15) is 9.59 Å². The van der Waals surface area contributed by atoms with Crippen LogP contribution in [0.15, 0.2) is 89.6 Å². The standard InChI is InChI=1S/C26H23ClN4O2/c1-30(2)22-14-10-18(11-15-22)16-23-26(33)31(25(28-23)20-6-4-3-5-7-20)29-24(32)17-19-8-12-21(27)13-9-19/h3-16H,17H2,1-2H3,(H,29,32)/b23-16-. The molecule has 0 aliphatic carbocycles. The number of hydrazine groups is 1. The molecule has 33 heavy (non-hydrogen) atoms. The number of halogens is 1. The lowest BCUT2D eigenvalue weighted by molar-refractivity contribution is -0.133. The molecule has 0 saturated heterocycles. The number of amidine groups is 1. The van der Waals surface area contributed by atoms with Crippen molar-refractivity contribution in [1.29, 1.82) is 0 Å². The van der Waals surface area contributed by atoms with Gasteiger partial charge >= 0.3 is 0 Å². The van der Waals surface area contributed by atoms with E-state index in [4.69, 9.17) is 11.6 Å². The molecule has 3 aromatic rings. The molecule has 3 aromatic carbocycles. The summed E-state index contributed by atoms with van der Waals surface area (Å²) in [5.74, 6) is -0.345. The second-order valence-electron chi connectivity index (χ2n) is 7.80. The van der Waals surface area contributed by atoms with Crippen LogP contribution in [0.5, 0.6) is 0 Å². The molecular weight excluding hydrogens is 436 g/mol. The van der Waals surface area contributed by atoms with Crippen LogP contribution < -0.4 is 10.3 Å². The molecule has 1 N–H and O–H groups in total. The van der Waals surface area contributed by atoms with E-state index in [0.29, 0.717) is 10.9 Å². The molecule has 0 unspecified atom stereocenters. The monoisotopic (exact) mass is 458 g/mol. The molecule has 1 heterocycles. The zero-order valence-electron chi connectivity index (χ0n) is 18.3. The van der Waals surface area contributed by atoms with E-state index in [2.05, 4.69) is 10.4 Å². The predicted molar refractivity (Wildman–Crippen MR) is 132 cm³/mol. The highest BCUT2D eigenvalue weighted by atomic mass is 35.5. The number of carbonyl (C=O) groups is 2. The van der Waals surface area contributed by atoms with Crippen molar-refractivity contribution in [3.05, 3.63) is 106 Å². The van der Waals surface area contributed by atoms with Crippen molar-refractivity contribution in [3.8, 4) is 0 Å². The maximum Gasteiger partial charge on any atom is 0.297 e. The number of nitrogens with one attached hydrogen (secondary N) is 1. The first-order valence-corrected chi connectivity index (χ1v) is 10.8. The van der Waals surface area contributed by atoms with Crippen LogP contribution in [0.25, 0.3) is 6.08 Å². The third-order valence-electron chi connectivity index (χ3n) is 5.12. The second-order valence-corrected chi connectivity index (χ2v) is 8.23. The summed E-state index contributed by atoms with van der Waals surface area (Å²) in [6.45, 7) is 0. The Morgan fingerprint density at radius 2 is 1.67 bits per heavy atom. The quantitative estimate of drug-likeness (QED) is 0.560. The molecule has 0 bridgehead atoms. The normalized spacial score (nSPS) is 14.4. The van der Waals surface area contributed by atoms with Crippen LogP contribution in [0, 0.1) is 0 Å². The van der Waals surface area contributed by atoms with Gasteiger partial charge in [0.1, 0.15) is 5.70 Å². The fraction of sp³-hybridized carbons (Fsp3) is 0.115. The first kappa shape index (κ1) is 22.3. The Hall–Kier alpha value is -3.90. The van der Waals surface area contributed by atoms with E-state index in [1.807, 2.05) is 73.6 Å². The van der Waals surface area contributed by atoms with Crippen LogP contribution in [0.4, 0.5) is 5.69 Å². The van der Waals surface area contributed by atoms with Crippen molar-refractivity contribution in [1.82, 2.24) is 10.4 Å². The van der Waals surface area contributed by atoms with Gasteiger partial charge in [0.15, 0.2) is 5.84 Å². The number of aliphatic imine (C=N–C) groups is 1. The number of anilines is 1. The summed E-state index contributed by atoms with van der Waals surface area (Å²) in [6, 6.07) is 24.1. The van der Waals surface area contributed by atoms with Crippen molar-refractivity contribution in [2.24, 2.45) is 4.99 Å². The maximum atomic E-state index is 13.2. The van der Waals surface area contributed by atoms with Gasteiger partial charge < -0.3 is 4.90 Å². The third-order valence-corrected chi connectivity index (χ3v) is 5.37. The lowest BCUT2D eigenvalue weighted by Crippen LogP contribution is -2.48. The molecule has 0 spiro atoms. The zero-order valence-corrected chi connectivity index (χ0v) is 19.1. The average Bonchev–Trinajstić information content (AvgIpc) is 3.11. The number of benzene rings is 3. The summed E-state index contributed by atoms with van der Waals surface area (Å²) >= 11 is 5.92. The van der Waals surface area contributed by atoms with Gasteiger partial charge in [-0.15, -0.1) is 0 Å². The number of carbonyl (C=O) groups excluding carboxylic acids is 2. The first-order chi connectivity index (χ1) is 15.9. The highest BCUT2D eigenvalue weighted by Gasteiger charge is 2.32. The summed E-state index contributed by atoms with van der Waals surface area (Å²) in [5, 5.41) is 1.81. The van der Waals surface area contributed by atoms with E-state index in [-0.39, 0.29) is 18.0 Å². The Kier molecular flexibility index (Phi) is 6.56. The molecule has 4 rings (SSSR count). The van der Waals surface area contributed by atoms with Crippen molar-refractivity contribution in [2.45, 2.75) is 6.42 Å². The second kappa shape index (κ2) is 9.71. The summed E-state index contributed by atoms with van der Waals surface area (Å²) in [4.78, 5) is 32.5. The van der Waals surface area contributed by atoms with Gasteiger partial charge in [-0.25, -0.2) is 4.99 Å². The summed E-state index contributed by atoms with van der Waals surface area (Å²) < 4.78 is 0. The molecule has 0 radical (unpaired) electrons. The van der Waals surface area contributed by atoms with E-state index < -0.39 is 5.91 Å². The maximum absolute atomic E-state index is 13.2. The number of hydrogen-bond donors (Lipinski definition) is 1. The predicted octanol–water partition coefficient (Wildman–Crippen LogP) is 4.31. The van der Waals surface area contributed by atoms with Crippen molar-refractivity contribution in [3.63, 3.8) is 0 Å². The summed E-state index contributed by atoms with van der Waals surface area (Å²) in [6.07, 6.45) is 1.82. The molecule has 0 fully saturated rings. The van der Waals surface area contributed by atoms with Gasteiger partial charge in [-0.2, -0.15) is 5.01 Å². The Bertz CT molecular complexity index is 1220. The fourth-order valence-corrected chi connectivity index (χ4v) is 3.51. The van der Waals surface area contributed by atoms with Crippen LogP contribution >= 0.6 is 11.6 Å². The third kappa shape index (κ3) is 5.30. The molecule has 1 aliphatic rings. The van der Waals surface area contributed by atoms with Gasteiger partial charge in [-0.1, -0.05) is 66.2 Å². The van der Waals surface area contributed by atoms with Gasteiger partial charge in [-0.3, -0.25) is 15.0 Å². The molecule has 166 valence electrons. The molecular formula is C26H23ClN4O2. The van der Waals surface area contributed by atoms with Crippen LogP contribution in [-0.4, -0.2) is 36.8 Å². The molecule has 7 heteroatoms. The molecule has 1 aliphatic heterocycles. The molecule has 0 saturated carbocycles. The van der Waals surface area contributed by atoms with Crippen molar-refractivity contribution < 1.29 is 9.59 Å². The van der Waals surface area contributed by atoms with Crippen molar-refractivity contribution >= 4 is 41.0 Å². The van der Waals surface area contributed by atoms with Gasteiger partial charge in [-0.05, 0) is 41.5 Å². The van der Waals surface area contributed by atoms with Gasteiger partial charge in [0.2, 0.25) is 5.91 Å². The minimum atomic E-state index is -0.394.